The summed E-state index contributed by atoms with van der Waals surface area (Å²) in [6.45, 7) is 2.96. The average molecular weight is 279 g/mol. The number of oxazole rings is 1. The number of carboxylic acid groups (broad SMARTS) is 1. The Morgan fingerprint density at radius 2 is 2.22 bits per heavy atom. The molecule has 8 heteroatoms. The minimum atomic E-state index is -1.32. The van der Waals surface area contributed by atoms with E-state index in [0.717, 1.165) is 4.90 Å². The summed E-state index contributed by atoms with van der Waals surface area (Å²) in [5.74, 6) is -0.302. The predicted octanol–water partition coefficient (Wildman–Crippen LogP) is -3.56. The molecule has 1 heterocycles. The Kier molecular flexibility index (Phi) is 7.72. The van der Waals surface area contributed by atoms with Gasteiger partial charge in [-0.1, -0.05) is 0 Å². The molecule has 7 nitrogen and oxygen atoms in total. The van der Waals surface area contributed by atoms with Crippen molar-refractivity contribution in [3.63, 3.8) is 0 Å². The van der Waals surface area contributed by atoms with Crippen LogP contribution in [0.5, 0.6) is 0 Å². The molecule has 1 N–H and O–H groups in total. The van der Waals surface area contributed by atoms with Crippen molar-refractivity contribution in [1.82, 2.24) is 15.2 Å². The molecular formula is C10H14KN3O4. The van der Waals surface area contributed by atoms with Crippen LogP contribution >= 0.6 is 0 Å². The summed E-state index contributed by atoms with van der Waals surface area (Å²) in [7, 11) is 1.36. The molecule has 18 heavy (non-hydrogen) atoms. The van der Waals surface area contributed by atoms with Gasteiger partial charge in [0, 0.05) is 7.05 Å². The number of carbonyl (C=O) groups excluding carboxylic acids is 2. The van der Waals surface area contributed by atoms with Crippen LogP contribution in [-0.4, -0.2) is 35.5 Å². The van der Waals surface area contributed by atoms with Crippen LogP contribution in [0.1, 0.15) is 24.6 Å². The van der Waals surface area contributed by atoms with Crippen LogP contribution in [0.25, 0.3) is 0 Å². The third-order valence-corrected chi connectivity index (χ3v) is 2.06. The largest absolute Gasteiger partial charge is 1.00 e. The second-order valence-corrected chi connectivity index (χ2v) is 3.71. The number of aromatic nitrogens is 1. The molecular weight excluding hydrogens is 265 g/mol. The number of nitrogens with one attached hydrogen (secondary N) is 1. The first-order valence-electron chi connectivity index (χ1n) is 5.04. The summed E-state index contributed by atoms with van der Waals surface area (Å²) in [5, 5.41) is 12.9. The fraction of sp³-hybridized carbons (Fsp3) is 0.500. The average Bonchev–Trinajstić information content (AvgIpc) is 2.63. The molecule has 1 aromatic rings. The van der Waals surface area contributed by atoms with E-state index in [1.807, 2.05) is 0 Å². The SMILES string of the molecule is Cc1cnc(C(C)NC(=O)N(C)CC(=O)[O-])o1.[K+]. The summed E-state index contributed by atoms with van der Waals surface area (Å²) in [6, 6.07) is -0.960. The van der Waals surface area contributed by atoms with Crippen LogP contribution in [0.3, 0.4) is 0 Å². The minimum Gasteiger partial charge on any atom is -0.548 e. The van der Waals surface area contributed by atoms with E-state index >= 15 is 0 Å². The van der Waals surface area contributed by atoms with Crippen molar-refractivity contribution in [2.45, 2.75) is 19.9 Å². The topological polar surface area (TPSA) is 98.5 Å². The van der Waals surface area contributed by atoms with Crippen molar-refractivity contribution < 1.29 is 70.5 Å². The Morgan fingerprint density at radius 3 is 2.67 bits per heavy atom. The van der Waals surface area contributed by atoms with Crippen LogP contribution < -0.4 is 61.8 Å². The molecule has 0 radical (unpaired) electrons. The van der Waals surface area contributed by atoms with E-state index < -0.39 is 24.6 Å². The molecule has 1 unspecified atom stereocenters. The number of hydrogen-bond donors (Lipinski definition) is 1. The molecule has 0 aliphatic heterocycles. The minimum absolute atomic E-state index is 0. The number of amides is 2. The van der Waals surface area contributed by atoms with Gasteiger partial charge in [-0.15, -0.1) is 0 Å². The molecule has 94 valence electrons. The van der Waals surface area contributed by atoms with Gasteiger partial charge in [0.2, 0.25) is 5.89 Å². The quantitative estimate of drug-likeness (QED) is 0.575. The molecule has 1 aromatic heterocycles. The van der Waals surface area contributed by atoms with E-state index in [1.54, 1.807) is 20.0 Å². The normalized spacial score (nSPS) is 11.3. The molecule has 1 rings (SSSR count). The monoisotopic (exact) mass is 279 g/mol. The zero-order chi connectivity index (χ0) is 13.0. The van der Waals surface area contributed by atoms with E-state index in [4.69, 9.17) is 4.42 Å². The van der Waals surface area contributed by atoms with Gasteiger partial charge in [0.1, 0.15) is 11.8 Å². The third-order valence-electron chi connectivity index (χ3n) is 2.06. The zero-order valence-electron chi connectivity index (χ0n) is 10.9. The molecule has 0 spiro atoms. The zero-order valence-corrected chi connectivity index (χ0v) is 14.0. The second kappa shape index (κ2) is 7.90. The molecule has 0 saturated heterocycles. The van der Waals surface area contributed by atoms with Crippen LogP contribution in [0.4, 0.5) is 4.79 Å². The van der Waals surface area contributed by atoms with Gasteiger partial charge in [-0.25, -0.2) is 9.78 Å². The Hall–Kier alpha value is -0.414. The van der Waals surface area contributed by atoms with Gasteiger partial charge >= 0.3 is 57.4 Å². The summed E-state index contributed by atoms with van der Waals surface area (Å²) in [5.41, 5.74) is 0. The summed E-state index contributed by atoms with van der Waals surface area (Å²) >= 11 is 0. The van der Waals surface area contributed by atoms with Gasteiger partial charge in [0.15, 0.2) is 0 Å². The number of carbonyl (C=O) groups is 2. The Labute approximate surface area is 147 Å². The number of urea groups is 1. The van der Waals surface area contributed by atoms with E-state index in [1.165, 1.54) is 7.05 Å². The first-order chi connectivity index (χ1) is 7.90. The second-order valence-electron chi connectivity index (χ2n) is 3.71. The van der Waals surface area contributed by atoms with Crippen molar-refractivity contribution in [3.05, 3.63) is 17.8 Å². The van der Waals surface area contributed by atoms with Crippen molar-refractivity contribution in [2.24, 2.45) is 0 Å². The molecule has 0 saturated carbocycles. The maximum atomic E-state index is 11.5. The van der Waals surface area contributed by atoms with Gasteiger partial charge in [0.05, 0.1) is 18.7 Å². The Balaban J connectivity index is 0.00000289. The fourth-order valence-corrected chi connectivity index (χ4v) is 1.19. The number of aryl methyl sites for hydroxylation is 1. The van der Waals surface area contributed by atoms with Crippen LogP contribution in [0, 0.1) is 6.92 Å². The number of carboxylic acids is 1. The molecule has 0 aliphatic carbocycles. The van der Waals surface area contributed by atoms with Crippen molar-refractivity contribution in [1.29, 1.82) is 0 Å². The van der Waals surface area contributed by atoms with Crippen LogP contribution in [-0.2, 0) is 4.79 Å². The summed E-state index contributed by atoms with van der Waals surface area (Å²) in [4.78, 5) is 26.8. The van der Waals surface area contributed by atoms with Crippen LogP contribution in [0.2, 0.25) is 0 Å². The van der Waals surface area contributed by atoms with Gasteiger partial charge in [-0.2, -0.15) is 0 Å². The van der Waals surface area contributed by atoms with E-state index in [-0.39, 0.29) is 51.4 Å². The van der Waals surface area contributed by atoms with Gasteiger partial charge in [0.25, 0.3) is 0 Å². The molecule has 0 aromatic carbocycles. The smallest absolute Gasteiger partial charge is 0.548 e. The number of hydrogen-bond acceptors (Lipinski definition) is 5. The summed E-state index contributed by atoms with van der Waals surface area (Å²) < 4.78 is 5.23. The molecule has 0 aliphatic rings. The first kappa shape index (κ1) is 17.6. The third kappa shape index (κ3) is 5.49. The first-order valence-corrected chi connectivity index (χ1v) is 5.04. The number of nitrogens with zero attached hydrogens (tertiary/aromatic N) is 2. The van der Waals surface area contributed by atoms with Gasteiger partial charge in [-0.3, -0.25) is 0 Å². The van der Waals surface area contributed by atoms with Gasteiger partial charge in [-0.05, 0) is 13.8 Å². The maximum absolute atomic E-state index is 11.5. The molecule has 0 fully saturated rings. The number of likely N-dealkylation sites (N-methyl/N-ethyl adjacent to an activating group) is 1. The summed E-state index contributed by atoms with van der Waals surface area (Å²) in [6.07, 6.45) is 1.54. The van der Waals surface area contributed by atoms with E-state index in [2.05, 4.69) is 10.3 Å². The number of aliphatic carboxylic acids is 1. The predicted molar refractivity (Wildman–Crippen MR) is 55.8 cm³/mol. The number of rotatable bonds is 4. The molecule has 1 atom stereocenters. The van der Waals surface area contributed by atoms with E-state index in [0.29, 0.717) is 11.7 Å². The Bertz CT molecular complexity index is 421. The van der Waals surface area contributed by atoms with Gasteiger partial charge < -0.3 is 24.5 Å². The van der Waals surface area contributed by atoms with E-state index in [9.17, 15) is 14.7 Å². The van der Waals surface area contributed by atoms with Crippen molar-refractivity contribution in [2.75, 3.05) is 13.6 Å². The maximum Gasteiger partial charge on any atom is 1.00 e. The fourth-order valence-electron chi connectivity index (χ4n) is 1.19. The van der Waals surface area contributed by atoms with Crippen molar-refractivity contribution in [3.8, 4) is 0 Å². The van der Waals surface area contributed by atoms with Crippen LogP contribution in [0.15, 0.2) is 10.6 Å². The molecule has 2 amide bonds. The Morgan fingerprint density at radius 1 is 1.61 bits per heavy atom. The van der Waals surface area contributed by atoms with Crippen molar-refractivity contribution >= 4 is 12.0 Å². The molecule has 0 bridgehead atoms. The standard InChI is InChI=1S/C10H15N3O4.K/c1-6-4-11-9(17-6)7(2)12-10(16)13(3)5-8(14)15;/h4,7H,5H2,1-3H3,(H,12,16)(H,14,15);/q;+1/p-1.